The van der Waals surface area contributed by atoms with Crippen molar-refractivity contribution in [2.24, 2.45) is 0 Å². The fourth-order valence-electron chi connectivity index (χ4n) is 1.80. The van der Waals surface area contributed by atoms with Gasteiger partial charge in [-0.3, -0.25) is 0 Å². The van der Waals surface area contributed by atoms with Crippen molar-refractivity contribution in [2.45, 2.75) is 18.2 Å². The van der Waals surface area contributed by atoms with Crippen LogP contribution in [-0.4, -0.2) is 41.4 Å². The van der Waals surface area contributed by atoms with E-state index in [0.717, 1.165) is 25.2 Å². The highest BCUT2D eigenvalue weighted by Crippen LogP contribution is 2.25. The summed E-state index contributed by atoms with van der Waals surface area (Å²) in [6.07, 6.45) is 0.980. The van der Waals surface area contributed by atoms with E-state index in [1.807, 2.05) is 31.1 Å². The summed E-state index contributed by atoms with van der Waals surface area (Å²) in [5, 5.41) is 3.09. The highest BCUT2D eigenvalue weighted by Gasteiger charge is 2.17. The average Bonchev–Trinajstić information content (AvgIpc) is 2.39. The minimum atomic E-state index is -3.16. The third-order valence-corrected chi connectivity index (χ3v) is 4.69. The van der Waals surface area contributed by atoms with Gasteiger partial charge in [-0.15, -0.1) is 0 Å². The van der Waals surface area contributed by atoms with Crippen LogP contribution >= 0.6 is 0 Å². The molecule has 0 bridgehead atoms. The molecule has 0 heterocycles. The molecule has 1 rings (SSSR count). The molecule has 1 N–H and O–H groups in total. The maximum Gasteiger partial charge on any atom is 0.180 e. The molecule has 0 radical (unpaired) electrons. The van der Waals surface area contributed by atoms with Gasteiger partial charge in [0, 0.05) is 13.6 Å². The monoisotopic (exact) mass is 270 g/mol. The van der Waals surface area contributed by atoms with Gasteiger partial charge in [-0.2, -0.15) is 0 Å². The molecule has 18 heavy (non-hydrogen) atoms. The van der Waals surface area contributed by atoms with Crippen molar-refractivity contribution in [2.75, 3.05) is 37.8 Å². The number of sulfone groups is 1. The second-order valence-corrected chi connectivity index (χ2v) is 6.50. The standard InChI is InChI=1S/C13H22N2O2S/c1-4-18(16,17)13-9-6-5-8-12(13)15(3)11-7-10-14-2/h5-6,8-9,14H,4,7,10-11H2,1-3H3. The highest BCUT2D eigenvalue weighted by molar-refractivity contribution is 7.91. The number of rotatable bonds is 7. The molecule has 102 valence electrons. The van der Waals surface area contributed by atoms with Crippen LogP contribution in [0.25, 0.3) is 0 Å². The van der Waals surface area contributed by atoms with Crippen molar-refractivity contribution in [1.29, 1.82) is 0 Å². The first-order valence-corrected chi connectivity index (χ1v) is 7.85. The predicted molar refractivity (Wildman–Crippen MR) is 76.0 cm³/mol. The maximum absolute atomic E-state index is 12.0. The molecule has 1 aromatic rings. The summed E-state index contributed by atoms with van der Waals surface area (Å²) in [5.41, 5.74) is 0.787. The second-order valence-electron chi connectivity index (χ2n) is 4.25. The van der Waals surface area contributed by atoms with E-state index in [0.29, 0.717) is 4.90 Å². The Hall–Kier alpha value is -1.07. The Morgan fingerprint density at radius 3 is 2.56 bits per heavy atom. The van der Waals surface area contributed by atoms with E-state index in [2.05, 4.69) is 5.32 Å². The Morgan fingerprint density at radius 2 is 1.94 bits per heavy atom. The fraction of sp³-hybridized carbons (Fsp3) is 0.538. The molecule has 0 fully saturated rings. The molecule has 0 aliphatic rings. The summed E-state index contributed by atoms with van der Waals surface area (Å²) >= 11 is 0. The van der Waals surface area contributed by atoms with Crippen LogP contribution in [0.1, 0.15) is 13.3 Å². The van der Waals surface area contributed by atoms with Gasteiger partial charge in [0.25, 0.3) is 0 Å². The van der Waals surface area contributed by atoms with Gasteiger partial charge < -0.3 is 10.2 Å². The fourth-order valence-corrected chi connectivity index (χ4v) is 2.94. The number of hydrogen-bond acceptors (Lipinski definition) is 4. The topological polar surface area (TPSA) is 49.4 Å². The molecule has 0 saturated carbocycles. The molecule has 1 aromatic carbocycles. The van der Waals surface area contributed by atoms with E-state index >= 15 is 0 Å². The molecule has 0 atom stereocenters. The minimum Gasteiger partial charge on any atom is -0.373 e. The number of nitrogens with zero attached hydrogens (tertiary/aromatic N) is 1. The van der Waals surface area contributed by atoms with Crippen LogP contribution in [0.5, 0.6) is 0 Å². The van der Waals surface area contributed by atoms with E-state index in [1.54, 1.807) is 19.1 Å². The Kier molecular flexibility index (Phi) is 5.62. The lowest BCUT2D eigenvalue weighted by atomic mass is 10.3. The van der Waals surface area contributed by atoms with Crippen molar-refractivity contribution in [1.82, 2.24) is 5.32 Å². The molecule has 0 aliphatic carbocycles. The maximum atomic E-state index is 12.0. The lowest BCUT2D eigenvalue weighted by Gasteiger charge is -2.22. The Morgan fingerprint density at radius 1 is 1.28 bits per heavy atom. The number of benzene rings is 1. The third kappa shape index (κ3) is 3.71. The Bertz CT molecular complexity index is 472. The lowest BCUT2D eigenvalue weighted by molar-refractivity contribution is 0.597. The van der Waals surface area contributed by atoms with Gasteiger partial charge in [0.05, 0.1) is 16.3 Å². The molecular weight excluding hydrogens is 248 g/mol. The summed E-state index contributed by atoms with van der Waals surface area (Å²) in [6.45, 7) is 3.43. The molecule has 0 saturated heterocycles. The predicted octanol–water partition coefficient (Wildman–Crippen LogP) is 1.53. The van der Waals surface area contributed by atoms with Gasteiger partial charge in [-0.25, -0.2) is 8.42 Å². The van der Waals surface area contributed by atoms with Crippen molar-refractivity contribution in [3.63, 3.8) is 0 Å². The summed E-state index contributed by atoms with van der Waals surface area (Å²) in [6, 6.07) is 7.19. The summed E-state index contributed by atoms with van der Waals surface area (Å²) in [5.74, 6) is 0.133. The van der Waals surface area contributed by atoms with Crippen molar-refractivity contribution >= 4 is 15.5 Å². The van der Waals surface area contributed by atoms with E-state index < -0.39 is 9.84 Å². The number of hydrogen-bond donors (Lipinski definition) is 1. The van der Waals surface area contributed by atoms with Crippen LogP contribution in [0.2, 0.25) is 0 Å². The van der Waals surface area contributed by atoms with Crippen molar-refractivity contribution < 1.29 is 8.42 Å². The van der Waals surface area contributed by atoms with Crippen LogP contribution in [0.15, 0.2) is 29.2 Å². The molecule has 5 heteroatoms. The van der Waals surface area contributed by atoms with E-state index in [9.17, 15) is 8.42 Å². The van der Waals surface area contributed by atoms with E-state index in [-0.39, 0.29) is 5.75 Å². The molecule has 0 spiro atoms. The summed E-state index contributed by atoms with van der Waals surface area (Å²) < 4.78 is 24.0. The second kappa shape index (κ2) is 6.75. The molecule has 0 unspecified atom stereocenters. The van der Waals surface area contributed by atoms with Gasteiger partial charge >= 0.3 is 0 Å². The zero-order valence-corrected chi connectivity index (χ0v) is 12.1. The number of para-hydroxylation sites is 1. The SMILES string of the molecule is CCS(=O)(=O)c1ccccc1N(C)CCCNC. The van der Waals surface area contributed by atoms with Crippen LogP contribution in [0, 0.1) is 0 Å². The van der Waals surface area contributed by atoms with Crippen LogP contribution < -0.4 is 10.2 Å². The Balaban J connectivity index is 2.95. The van der Waals surface area contributed by atoms with Gasteiger partial charge in [0.1, 0.15) is 0 Å². The summed E-state index contributed by atoms with van der Waals surface area (Å²) in [4.78, 5) is 2.43. The molecule has 4 nitrogen and oxygen atoms in total. The average molecular weight is 270 g/mol. The number of anilines is 1. The van der Waals surface area contributed by atoms with Crippen molar-refractivity contribution in [3.8, 4) is 0 Å². The van der Waals surface area contributed by atoms with Gasteiger partial charge in [0.15, 0.2) is 9.84 Å². The van der Waals surface area contributed by atoms with Crippen molar-refractivity contribution in [3.05, 3.63) is 24.3 Å². The summed E-state index contributed by atoms with van der Waals surface area (Å²) in [7, 11) is 0.681. The normalized spacial score (nSPS) is 11.5. The first-order valence-electron chi connectivity index (χ1n) is 6.20. The molecule has 0 amide bonds. The zero-order chi connectivity index (χ0) is 13.6. The van der Waals surface area contributed by atoms with Gasteiger partial charge in [-0.05, 0) is 32.1 Å². The Labute approximate surface area is 110 Å². The van der Waals surface area contributed by atoms with Gasteiger partial charge in [-0.1, -0.05) is 19.1 Å². The third-order valence-electron chi connectivity index (χ3n) is 2.91. The van der Waals surface area contributed by atoms with E-state index in [1.165, 1.54) is 0 Å². The lowest BCUT2D eigenvalue weighted by Crippen LogP contribution is -2.24. The zero-order valence-electron chi connectivity index (χ0n) is 11.3. The highest BCUT2D eigenvalue weighted by atomic mass is 32.2. The van der Waals surface area contributed by atoms with Crippen LogP contribution in [-0.2, 0) is 9.84 Å². The smallest absolute Gasteiger partial charge is 0.180 e. The number of nitrogens with one attached hydrogen (secondary N) is 1. The van der Waals surface area contributed by atoms with Gasteiger partial charge in [0.2, 0.25) is 0 Å². The van der Waals surface area contributed by atoms with Crippen LogP contribution in [0.4, 0.5) is 5.69 Å². The molecular formula is C13H22N2O2S. The largest absolute Gasteiger partial charge is 0.373 e. The first kappa shape index (κ1) is 15.0. The minimum absolute atomic E-state index is 0.133. The van der Waals surface area contributed by atoms with E-state index in [4.69, 9.17) is 0 Å². The quantitative estimate of drug-likeness (QED) is 0.763. The van der Waals surface area contributed by atoms with Crippen LogP contribution in [0.3, 0.4) is 0 Å². The molecule has 0 aromatic heterocycles. The molecule has 0 aliphatic heterocycles. The first-order chi connectivity index (χ1) is 8.53.